The van der Waals surface area contributed by atoms with Gasteiger partial charge in [-0.2, -0.15) is 0 Å². The average molecular weight is 459 g/mol. The van der Waals surface area contributed by atoms with Gasteiger partial charge in [0, 0.05) is 24.1 Å². The molecule has 31 heavy (non-hydrogen) atoms. The molecule has 2 aromatic heterocycles. The molecule has 2 aromatic carbocycles. The Kier molecular flexibility index (Phi) is 4.84. The van der Waals surface area contributed by atoms with Crippen molar-refractivity contribution in [1.29, 1.82) is 0 Å². The zero-order valence-corrected chi connectivity index (χ0v) is 18.0. The average Bonchev–Trinajstić information content (AvgIpc) is 3.38. The summed E-state index contributed by atoms with van der Waals surface area (Å²) in [4.78, 5) is 12.7. The molecule has 160 valence electrons. The molecule has 5 rings (SSSR count). The zero-order valence-electron chi connectivity index (χ0n) is 16.4. The number of fused-ring (bicyclic) bond motifs is 2. The number of rotatable bonds is 5. The summed E-state index contributed by atoms with van der Waals surface area (Å²) in [7, 11) is -3.92. The third kappa shape index (κ3) is 3.52. The van der Waals surface area contributed by atoms with Crippen LogP contribution in [0.2, 0.25) is 0 Å². The van der Waals surface area contributed by atoms with Crippen LogP contribution in [0.25, 0.3) is 11.1 Å². The molecule has 0 saturated heterocycles. The fourth-order valence-corrected chi connectivity index (χ4v) is 5.57. The Morgan fingerprint density at radius 2 is 2.16 bits per heavy atom. The standard InChI is InChI=1S/C19H18N6O4S2/c1-11(14-4-2-3-12-7-8-20-10-15(12)14)25-16-6-5-13(9-17(16)29-19(25)26)31(27,28)22-18-21-23-24-30-18/h2-6,9,11,20H,7-8,10H2,1H3,(H,21,22,24)/t11-/m1/s1. The first-order valence-corrected chi connectivity index (χ1v) is 11.8. The van der Waals surface area contributed by atoms with E-state index in [0.29, 0.717) is 5.52 Å². The number of hydrogen-bond donors (Lipinski definition) is 2. The van der Waals surface area contributed by atoms with Gasteiger partial charge in [0.2, 0.25) is 5.13 Å². The van der Waals surface area contributed by atoms with Crippen LogP contribution >= 0.6 is 11.5 Å². The second-order valence-electron chi connectivity index (χ2n) is 7.23. The highest BCUT2D eigenvalue weighted by Crippen LogP contribution is 2.29. The molecule has 0 spiro atoms. The van der Waals surface area contributed by atoms with E-state index in [1.54, 1.807) is 10.6 Å². The molecule has 1 atom stereocenters. The summed E-state index contributed by atoms with van der Waals surface area (Å²) < 4.78 is 38.0. The summed E-state index contributed by atoms with van der Waals surface area (Å²) in [6.07, 6.45) is 0.940. The van der Waals surface area contributed by atoms with E-state index in [0.717, 1.165) is 36.6 Å². The highest BCUT2D eigenvalue weighted by molar-refractivity contribution is 7.93. The van der Waals surface area contributed by atoms with Crippen LogP contribution in [0, 0.1) is 0 Å². The molecule has 0 saturated carbocycles. The molecule has 10 nitrogen and oxygen atoms in total. The highest BCUT2D eigenvalue weighted by atomic mass is 32.2. The molecule has 12 heteroatoms. The van der Waals surface area contributed by atoms with Crippen LogP contribution in [0.15, 0.2) is 50.5 Å². The summed E-state index contributed by atoms with van der Waals surface area (Å²) in [6.45, 7) is 3.61. The molecular formula is C19H18N6O4S2. The van der Waals surface area contributed by atoms with Crippen LogP contribution in [-0.4, -0.2) is 34.3 Å². The minimum absolute atomic E-state index is 0.0509. The number of aromatic nitrogens is 4. The van der Waals surface area contributed by atoms with Crippen LogP contribution in [0.1, 0.15) is 29.7 Å². The molecule has 0 radical (unpaired) electrons. The van der Waals surface area contributed by atoms with Crippen molar-refractivity contribution < 1.29 is 12.8 Å². The lowest BCUT2D eigenvalue weighted by Crippen LogP contribution is -2.27. The van der Waals surface area contributed by atoms with Crippen molar-refractivity contribution in [2.75, 3.05) is 11.3 Å². The van der Waals surface area contributed by atoms with Gasteiger partial charge in [-0.15, -0.1) is 0 Å². The molecule has 0 amide bonds. The summed E-state index contributed by atoms with van der Waals surface area (Å²) >= 11 is 0.822. The van der Waals surface area contributed by atoms with Crippen molar-refractivity contribution >= 4 is 37.8 Å². The molecule has 3 heterocycles. The first-order chi connectivity index (χ1) is 14.9. The first-order valence-electron chi connectivity index (χ1n) is 9.58. The summed E-state index contributed by atoms with van der Waals surface area (Å²) in [6, 6.07) is 10.2. The maximum atomic E-state index is 12.7. The smallest absolute Gasteiger partial charge is 0.408 e. The molecule has 4 aromatic rings. The van der Waals surface area contributed by atoms with E-state index in [9.17, 15) is 13.2 Å². The van der Waals surface area contributed by atoms with E-state index in [4.69, 9.17) is 4.42 Å². The summed E-state index contributed by atoms with van der Waals surface area (Å²) in [5.41, 5.74) is 4.22. The second kappa shape index (κ2) is 7.55. The van der Waals surface area contributed by atoms with Crippen LogP contribution in [0.5, 0.6) is 0 Å². The lowest BCUT2D eigenvalue weighted by molar-refractivity contribution is 0.486. The number of sulfonamides is 1. The fraction of sp³-hybridized carbons (Fsp3) is 0.263. The van der Waals surface area contributed by atoms with Gasteiger partial charge in [0.05, 0.1) is 16.5 Å². The second-order valence-corrected chi connectivity index (χ2v) is 9.64. The maximum Gasteiger partial charge on any atom is 0.420 e. The maximum absolute atomic E-state index is 12.7. The van der Waals surface area contributed by atoms with Crippen molar-refractivity contribution in [3.8, 4) is 0 Å². The molecule has 0 unspecified atom stereocenters. The summed E-state index contributed by atoms with van der Waals surface area (Å²) in [5.74, 6) is -0.542. The van der Waals surface area contributed by atoms with E-state index in [1.165, 1.54) is 23.3 Å². The van der Waals surface area contributed by atoms with Gasteiger partial charge in [-0.05, 0) is 53.9 Å². The Bertz CT molecular complexity index is 1430. The number of nitrogens with zero attached hydrogens (tertiary/aromatic N) is 4. The SMILES string of the molecule is C[C@H](c1cccc2c1CNCC2)n1c(=O)oc2cc(S(=O)(=O)Nc3nnns3)ccc21. The molecule has 0 bridgehead atoms. The first kappa shape index (κ1) is 19.8. The lowest BCUT2D eigenvalue weighted by Gasteiger charge is -2.24. The monoisotopic (exact) mass is 458 g/mol. The quantitative estimate of drug-likeness (QED) is 0.463. The zero-order chi connectivity index (χ0) is 21.6. The van der Waals surface area contributed by atoms with Gasteiger partial charge in [0.25, 0.3) is 10.0 Å². The number of benzene rings is 2. The van der Waals surface area contributed by atoms with Gasteiger partial charge in [-0.1, -0.05) is 27.8 Å². The van der Waals surface area contributed by atoms with Crippen molar-refractivity contribution in [3.05, 3.63) is 63.6 Å². The lowest BCUT2D eigenvalue weighted by atomic mass is 9.92. The molecule has 0 aliphatic carbocycles. The van der Waals surface area contributed by atoms with Gasteiger partial charge in [-0.25, -0.2) is 13.2 Å². The molecule has 0 fully saturated rings. The van der Waals surface area contributed by atoms with Gasteiger partial charge in [0.1, 0.15) is 0 Å². The van der Waals surface area contributed by atoms with Crippen LogP contribution in [0.3, 0.4) is 0 Å². The van der Waals surface area contributed by atoms with Crippen molar-refractivity contribution in [3.63, 3.8) is 0 Å². The Morgan fingerprint density at radius 1 is 1.29 bits per heavy atom. The van der Waals surface area contributed by atoms with Gasteiger partial charge >= 0.3 is 5.76 Å². The van der Waals surface area contributed by atoms with E-state index in [2.05, 4.69) is 30.9 Å². The number of oxazole rings is 1. The minimum atomic E-state index is -3.92. The topological polar surface area (TPSA) is 132 Å². The predicted octanol–water partition coefficient (Wildman–Crippen LogP) is 1.90. The fourth-order valence-electron chi connectivity index (χ4n) is 3.97. The third-order valence-electron chi connectivity index (χ3n) is 5.44. The van der Waals surface area contributed by atoms with Crippen molar-refractivity contribution in [2.24, 2.45) is 0 Å². The van der Waals surface area contributed by atoms with Gasteiger partial charge in [0.15, 0.2) is 5.58 Å². The number of anilines is 1. The van der Waals surface area contributed by atoms with Crippen LogP contribution < -0.4 is 15.8 Å². The molecule has 1 aliphatic heterocycles. The number of nitrogens with one attached hydrogen (secondary N) is 2. The molecule has 1 aliphatic rings. The van der Waals surface area contributed by atoms with Crippen molar-refractivity contribution in [2.45, 2.75) is 30.8 Å². The van der Waals surface area contributed by atoms with Crippen LogP contribution in [-0.2, 0) is 23.0 Å². The highest BCUT2D eigenvalue weighted by Gasteiger charge is 2.24. The van der Waals surface area contributed by atoms with E-state index in [-0.39, 0.29) is 21.7 Å². The number of hydrogen-bond acceptors (Lipinski definition) is 9. The molecule has 2 N–H and O–H groups in total. The Balaban J connectivity index is 1.56. The summed E-state index contributed by atoms with van der Waals surface area (Å²) in [5, 5.41) is 10.4. The third-order valence-corrected chi connectivity index (χ3v) is 7.41. The largest absolute Gasteiger partial charge is 0.420 e. The van der Waals surface area contributed by atoms with E-state index < -0.39 is 15.8 Å². The Morgan fingerprint density at radius 3 is 2.97 bits per heavy atom. The van der Waals surface area contributed by atoms with Gasteiger partial charge < -0.3 is 9.73 Å². The minimum Gasteiger partial charge on any atom is -0.408 e. The Labute approximate surface area is 181 Å². The predicted molar refractivity (Wildman–Crippen MR) is 115 cm³/mol. The van der Waals surface area contributed by atoms with Gasteiger partial charge in [-0.3, -0.25) is 9.29 Å². The van der Waals surface area contributed by atoms with Crippen LogP contribution in [0.4, 0.5) is 5.13 Å². The normalized spacial score (nSPS) is 15.0. The van der Waals surface area contributed by atoms with Crippen molar-refractivity contribution in [1.82, 2.24) is 24.7 Å². The van der Waals surface area contributed by atoms with E-state index >= 15 is 0 Å². The van der Waals surface area contributed by atoms with E-state index in [1.807, 2.05) is 19.1 Å². The Hall–Kier alpha value is -3.09. The molecular weight excluding hydrogens is 440 g/mol.